The van der Waals surface area contributed by atoms with E-state index in [1.165, 1.54) is 11.3 Å². The fraction of sp³-hybridized carbons (Fsp3) is 0.538. The molecule has 7 heteroatoms. The first-order valence-corrected chi connectivity index (χ1v) is 7.35. The van der Waals surface area contributed by atoms with Gasteiger partial charge >= 0.3 is 0 Å². The van der Waals surface area contributed by atoms with Gasteiger partial charge in [0.15, 0.2) is 0 Å². The van der Waals surface area contributed by atoms with E-state index in [2.05, 4.69) is 10.4 Å². The Morgan fingerprint density at radius 1 is 1.60 bits per heavy atom. The number of thiophene rings is 1. The zero-order chi connectivity index (χ0) is 14.5. The molecule has 0 bridgehead atoms. The summed E-state index contributed by atoms with van der Waals surface area (Å²) < 4.78 is 7.12. The van der Waals surface area contributed by atoms with E-state index < -0.39 is 0 Å². The van der Waals surface area contributed by atoms with Crippen LogP contribution in [0, 0.1) is 6.92 Å². The highest BCUT2D eigenvalue weighted by atomic mass is 32.1. The lowest BCUT2D eigenvalue weighted by Crippen LogP contribution is -2.46. The third kappa shape index (κ3) is 1.97. The quantitative estimate of drug-likeness (QED) is 0.878. The summed E-state index contributed by atoms with van der Waals surface area (Å²) >= 11 is 1.38. The van der Waals surface area contributed by atoms with Crippen LogP contribution in [0.3, 0.4) is 0 Å². The number of hydrogen-bond donors (Lipinski definition) is 2. The molecule has 3 N–H and O–H groups in total. The number of carbonyl (C=O) groups is 1. The number of anilines is 1. The van der Waals surface area contributed by atoms with Crippen molar-refractivity contribution in [2.75, 3.05) is 18.9 Å². The van der Waals surface area contributed by atoms with Crippen LogP contribution in [0.15, 0.2) is 0 Å². The number of hydrogen-bond acceptors (Lipinski definition) is 5. The lowest BCUT2D eigenvalue weighted by Gasteiger charge is -2.23. The van der Waals surface area contributed by atoms with E-state index in [1.54, 1.807) is 4.68 Å². The molecule has 6 nitrogen and oxygen atoms in total. The molecule has 0 aliphatic carbocycles. The first-order chi connectivity index (χ1) is 9.41. The van der Waals surface area contributed by atoms with Crippen LogP contribution in [0.5, 0.6) is 0 Å². The SMILES string of the molecule is Cc1nn(C)c2sc(C(=O)NC3(C)CCOC3)c(N)c12. The maximum Gasteiger partial charge on any atom is 0.264 e. The topological polar surface area (TPSA) is 82.2 Å². The van der Waals surface area contributed by atoms with Gasteiger partial charge in [-0.15, -0.1) is 11.3 Å². The fourth-order valence-electron chi connectivity index (χ4n) is 2.59. The third-order valence-electron chi connectivity index (χ3n) is 3.72. The van der Waals surface area contributed by atoms with Crippen molar-refractivity contribution in [2.24, 2.45) is 7.05 Å². The Labute approximate surface area is 120 Å². The summed E-state index contributed by atoms with van der Waals surface area (Å²) in [5.74, 6) is -0.129. The molecule has 1 atom stereocenters. The molecule has 0 saturated carbocycles. The highest BCUT2D eigenvalue weighted by Gasteiger charge is 2.33. The molecule has 0 radical (unpaired) electrons. The Hall–Kier alpha value is -1.60. The van der Waals surface area contributed by atoms with E-state index in [9.17, 15) is 4.79 Å². The summed E-state index contributed by atoms with van der Waals surface area (Å²) in [5.41, 5.74) is 7.21. The zero-order valence-corrected chi connectivity index (χ0v) is 12.6. The first kappa shape index (κ1) is 13.4. The second kappa shape index (κ2) is 4.46. The first-order valence-electron chi connectivity index (χ1n) is 6.53. The average Bonchev–Trinajstić information content (AvgIpc) is 2.99. The Morgan fingerprint density at radius 3 is 2.95 bits per heavy atom. The van der Waals surface area contributed by atoms with Crippen molar-refractivity contribution >= 4 is 33.1 Å². The minimum Gasteiger partial charge on any atom is -0.397 e. The smallest absolute Gasteiger partial charge is 0.264 e. The number of amides is 1. The molecule has 1 fully saturated rings. The van der Waals surface area contributed by atoms with Gasteiger partial charge in [0, 0.05) is 13.7 Å². The maximum absolute atomic E-state index is 12.5. The number of nitrogen functional groups attached to an aromatic ring is 1. The molecule has 3 rings (SSSR count). The number of aryl methyl sites for hydroxylation is 2. The highest BCUT2D eigenvalue weighted by molar-refractivity contribution is 7.21. The number of nitrogens with zero attached hydrogens (tertiary/aromatic N) is 2. The Morgan fingerprint density at radius 2 is 2.35 bits per heavy atom. The van der Waals surface area contributed by atoms with Crippen molar-refractivity contribution < 1.29 is 9.53 Å². The van der Waals surface area contributed by atoms with Gasteiger partial charge in [0.25, 0.3) is 5.91 Å². The second-order valence-electron chi connectivity index (χ2n) is 5.55. The highest BCUT2D eigenvalue weighted by Crippen LogP contribution is 2.35. The van der Waals surface area contributed by atoms with Gasteiger partial charge in [-0.3, -0.25) is 9.48 Å². The van der Waals surface area contributed by atoms with E-state index in [4.69, 9.17) is 10.5 Å². The number of carbonyl (C=O) groups excluding carboxylic acids is 1. The van der Waals surface area contributed by atoms with Crippen LogP contribution in [0.4, 0.5) is 5.69 Å². The minimum atomic E-state index is -0.299. The molecule has 2 aromatic rings. The van der Waals surface area contributed by atoms with Crippen molar-refractivity contribution in [2.45, 2.75) is 25.8 Å². The molecule has 1 unspecified atom stereocenters. The Balaban J connectivity index is 1.96. The monoisotopic (exact) mass is 294 g/mol. The van der Waals surface area contributed by atoms with Gasteiger partial charge in [0.05, 0.1) is 28.9 Å². The van der Waals surface area contributed by atoms with Crippen LogP contribution in [-0.4, -0.2) is 34.4 Å². The molecule has 1 aliphatic rings. The summed E-state index contributed by atoms with van der Waals surface area (Å²) in [6, 6.07) is 0. The molecule has 1 amide bonds. The van der Waals surface area contributed by atoms with Crippen LogP contribution in [0.1, 0.15) is 28.7 Å². The summed E-state index contributed by atoms with van der Waals surface area (Å²) in [4.78, 5) is 13.9. The largest absolute Gasteiger partial charge is 0.397 e. The van der Waals surface area contributed by atoms with Crippen LogP contribution < -0.4 is 11.1 Å². The summed E-state index contributed by atoms with van der Waals surface area (Å²) in [6.45, 7) is 5.12. The molecular formula is C13H18N4O2S. The van der Waals surface area contributed by atoms with Gasteiger partial charge < -0.3 is 15.8 Å². The van der Waals surface area contributed by atoms with Crippen molar-refractivity contribution in [3.05, 3.63) is 10.6 Å². The molecule has 1 saturated heterocycles. The van der Waals surface area contributed by atoms with Gasteiger partial charge in [-0.2, -0.15) is 5.10 Å². The molecular weight excluding hydrogens is 276 g/mol. The molecule has 3 heterocycles. The number of nitrogens with two attached hydrogens (primary N) is 1. The Kier molecular flexibility index (Phi) is 2.98. The van der Waals surface area contributed by atoms with Gasteiger partial charge in [-0.05, 0) is 20.3 Å². The van der Waals surface area contributed by atoms with Crippen LogP contribution in [0.2, 0.25) is 0 Å². The fourth-order valence-corrected chi connectivity index (χ4v) is 3.68. The van der Waals surface area contributed by atoms with Crippen molar-refractivity contribution in [1.29, 1.82) is 0 Å². The molecule has 108 valence electrons. The van der Waals surface area contributed by atoms with Gasteiger partial charge in [0.2, 0.25) is 0 Å². The average molecular weight is 294 g/mol. The molecule has 0 spiro atoms. The minimum absolute atomic E-state index is 0.129. The van der Waals surface area contributed by atoms with E-state index in [0.29, 0.717) is 23.8 Å². The molecule has 0 aromatic carbocycles. The Bertz CT molecular complexity index is 682. The number of ether oxygens (including phenoxy) is 1. The van der Waals surface area contributed by atoms with Crippen molar-refractivity contribution in [3.8, 4) is 0 Å². The van der Waals surface area contributed by atoms with E-state index in [0.717, 1.165) is 22.3 Å². The van der Waals surface area contributed by atoms with E-state index >= 15 is 0 Å². The number of rotatable bonds is 2. The standard InChI is InChI=1S/C13H18N4O2S/c1-7-8-9(14)10(20-12(8)17(3)16-7)11(18)15-13(2)4-5-19-6-13/h4-6,14H2,1-3H3,(H,15,18). The lowest BCUT2D eigenvalue weighted by atomic mass is 10.0. The van der Waals surface area contributed by atoms with Crippen LogP contribution >= 0.6 is 11.3 Å². The number of aromatic nitrogens is 2. The van der Waals surface area contributed by atoms with Crippen LogP contribution in [-0.2, 0) is 11.8 Å². The van der Waals surface area contributed by atoms with Crippen LogP contribution in [0.25, 0.3) is 10.2 Å². The third-order valence-corrected chi connectivity index (χ3v) is 4.99. The summed E-state index contributed by atoms with van der Waals surface area (Å²) in [5, 5.41) is 8.25. The van der Waals surface area contributed by atoms with Crippen molar-refractivity contribution in [3.63, 3.8) is 0 Å². The number of nitrogens with one attached hydrogen (secondary N) is 1. The molecule has 2 aromatic heterocycles. The van der Waals surface area contributed by atoms with E-state index in [1.807, 2.05) is 20.9 Å². The van der Waals surface area contributed by atoms with Crippen molar-refractivity contribution in [1.82, 2.24) is 15.1 Å². The van der Waals surface area contributed by atoms with E-state index in [-0.39, 0.29) is 11.4 Å². The van der Waals surface area contributed by atoms with Gasteiger partial charge in [-0.1, -0.05) is 0 Å². The predicted octanol–water partition coefficient (Wildman–Crippen LogP) is 1.43. The predicted molar refractivity (Wildman–Crippen MR) is 79.0 cm³/mol. The molecule has 20 heavy (non-hydrogen) atoms. The van der Waals surface area contributed by atoms with Gasteiger partial charge in [0.1, 0.15) is 9.71 Å². The lowest BCUT2D eigenvalue weighted by molar-refractivity contribution is 0.0895. The second-order valence-corrected chi connectivity index (χ2v) is 6.55. The van der Waals surface area contributed by atoms with Gasteiger partial charge in [-0.25, -0.2) is 0 Å². The summed E-state index contributed by atoms with van der Waals surface area (Å²) in [6.07, 6.45) is 0.824. The molecule has 1 aliphatic heterocycles. The zero-order valence-electron chi connectivity index (χ0n) is 11.8. The summed E-state index contributed by atoms with van der Waals surface area (Å²) in [7, 11) is 1.86. The number of fused-ring (bicyclic) bond motifs is 1. The normalized spacial score (nSPS) is 22.6. The maximum atomic E-state index is 12.5.